The minimum Gasteiger partial charge on any atom is -0.399 e. The number of amides is 1. The molecule has 6 heteroatoms. The third-order valence-electron chi connectivity index (χ3n) is 2.92. The van der Waals surface area contributed by atoms with E-state index in [2.05, 4.69) is 37.2 Å². The van der Waals surface area contributed by atoms with Crippen molar-refractivity contribution in [1.29, 1.82) is 0 Å². The van der Waals surface area contributed by atoms with Gasteiger partial charge in [0.25, 0.3) is 5.91 Å². The number of nitrogens with two attached hydrogens (primary N) is 1. The molecule has 0 saturated heterocycles. The Morgan fingerprint density at radius 2 is 1.86 bits per heavy atom. The molecule has 110 valence electrons. The van der Waals surface area contributed by atoms with Gasteiger partial charge in [0.15, 0.2) is 0 Å². The van der Waals surface area contributed by atoms with Gasteiger partial charge in [-0.05, 0) is 52.3 Å². The molecule has 0 bridgehead atoms. The normalized spacial score (nSPS) is 10.3. The number of halogens is 2. The van der Waals surface area contributed by atoms with E-state index in [-0.39, 0.29) is 5.91 Å². The van der Waals surface area contributed by atoms with Crippen LogP contribution in [-0.2, 0) is 0 Å². The van der Waals surface area contributed by atoms with Crippen LogP contribution in [0.1, 0.15) is 10.4 Å². The monoisotopic (exact) mass is 411 g/mol. The minimum atomic E-state index is -0.213. The van der Waals surface area contributed by atoms with Gasteiger partial charge in [-0.2, -0.15) is 0 Å². The Hall–Kier alpha value is -1.53. The van der Waals surface area contributed by atoms with Crippen molar-refractivity contribution < 1.29 is 4.79 Å². The summed E-state index contributed by atoms with van der Waals surface area (Å²) in [5.74, 6) is -0.213. The number of hydrogen-bond acceptors (Lipinski definition) is 3. The van der Waals surface area contributed by atoms with E-state index in [4.69, 9.17) is 5.73 Å². The van der Waals surface area contributed by atoms with Gasteiger partial charge in [0.2, 0.25) is 0 Å². The Morgan fingerprint density at radius 3 is 2.52 bits per heavy atom. The molecule has 0 atom stereocenters. The highest BCUT2D eigenvalue weighted by molar-refractivity contribution is 9.10. The zero-order valence-electron chi connectivity index (χ0n) is 11.7. The van der Waals surface area contributed by atoms with Crippen LogP contribution in [0.4, 0.5) is 17.1 Å². The largest absolute Gasteiger partial charge is 0.399 e. The van der Waals surface area contributed by atoms with E-state index < -0.39 is 0 Å². The first-order valence-corrected chi connectivity index (χ1v) is 7.80. The molecule has 2 aromatic rings. The van der Waals surface area contributed by atoms with Crippen LogP contribution in [0.3, 0.4) is 0 Å². The first kappa shape index (κ1) is 15.9. The first-order valence-electron chi connectivity index (χ1n) is 6.21. The fraction of sp³-hybridized carbons (Fsp3) is 0.133. The average Bonchev–Trinajstić information content (AvgIpc) is 2.41. The molecular weight excluding hydrogens is 398 g/mol. The Morgan fingerprint density at radius 1 is 1.14 bits per heavy atom. The summed E-state index contributed by atoms with van der Waals surface area (Å²) in [6, 6.07) is 10.9. The van der Waals surface area contributed by atoms with Crippen LogP contribution < -0.4 is 16.0 Å². The molecule has 21 heavy (non-hydrogen) atoms. The molecule has 3 N–H and O–H groups in total. The van der Waals surface area contributed by atoms with Crippen molar-refractivity contribution >= 4 is 54.8 Å². The number of nitrogens with one attached hydrogen (secondary N) is 1. The lowest BCUT2D eigenvalue weighted by Crippen LogP contribution is -2.17. The molecule has 0 heterocycles. The molecule has 1 amide bonds. The lowest BCUT2D eigenvalue weighted by molar-refractivity contribution is 0.102. The van der Waals surface area contributed by atoms with Crippen molar-refractivity contribution in [2.45, 2.75) is 0 Å². The molecule has 2 aromatic carbocycles. The third-order valence-corrected chi connectivity index (χ3v) is 4.11. The van der Waals surface area contributed by atoms with E-state index in [0.29, 0.717) is 15.7 Å². The van der Waals surface area contributed by atoms with Crippen molar-refractivity contribution in [2.75, 3.05) is 30.0 Å². The SMILES string of the molecule is CN(C)c1ccc(Br)cc1NC(=O)c1cc(N)ccc1Br. The molecule has 0 spiro atoms. The maximum Gasteiger partial charge on any atom is 0.256 e. The van der Waals surface area contributed by atoms with E-state index in [1.807, 2.05) is 37.2 Å². The number of hydrogen-bond donors (Lipinski definition) is 2. The summed E-state index contributed by atoms with van der Waals surface area (Å²) in [6.07, 6.45) is 0. The van der Waals surface area contributed by atoms with Crippen LogP contribution in [0, 0.1) is 0 Å². The highest BCUT2D eigenvalue weighted by Gasteiger charge is 2.14. The number of anilines is 3. The van der Waals surface area contributed by atoms with E-state index in [1.165, 1.54) is 0 Å². The standard InChI is InChI=1S/C15H15Br2N3O/c1-20(2)14-6-3-9(16)7-13(14)19-15(21)11-8-10(18)4-5-12(11)17/h3-8H,18H2,1-2H3,(H,19,21). The Bertz CT molecular complexity index is 687. The Kier molecular flexibility index (Phi) is 4.90. The number of rotatable bonds is 3. The zero-order chi connectivity index (χ0) is 15.6. The predicted octanol–water partition coefficient (Wildman–Crippen LogP) is 4.11. The fourth-order valence-corrected chi connectivity index (χ4v) is 2.69. The summed E-state index contributed by atoms with van der Waals surface area (Å²) >= 11 is 6.79. The van der Waals surface area contributed by atoms with Crippen molar-refractivity contribution in [2.24, 2.45) is 0 Å². The number of benzene rings is 2. The van der Waals surface area contributed by atoms with Gasteiger partial charge in [0, 0.05) is 28.7 Å². The van der Waals surface area contributed by atoms with Crippen LogP contribution in [0.25, 0.3) is 0 Å². The predicted molar refractivity (Wildman–Crippen MR) is 95.0 cm³/mol. The molecule has 2 rings (SSSR count). The summed E-state index contributed by atoms with van der Waals surface area (Å²) in [5, 5.41) is 2.92. The van der Waals surface area contributed by atoms with Crippen LogP contribution >= 0.6 is 31.9 Å². The van der Waals surface area contributed by atoms with Gasteiger partial charge in [-0.15, -0.1) is 0 Å². The van der Waals surface area contributed by atoms with E-state index in [1.54, 1.807) is 18.2 Å². The molecule has 4 nitrogen and oxygen atoms in total. The van der Waals surface area contributed by atoms with Gasteiger partial charge in [-0.3, -0.25) is 4.79 Å². The topological polar surface area (TPSA) is 58.4 Å². The minimum absolute atomic E-state index is 0.213. The second-order valence-corrected chi connectivity index (χ2v) is 6.52. The second kappa shape index (κ2) is 6.49. The highest BCUT2D eigenvalue weighted by Crippen LogP contribution is 2.29. The van der Waals surface area contributed by atoms with E-state index >= 15 is 0 Å². The van der Waals surface area contributed by atoms with E-state index in [0.717, 1.165) is 15.8 Å². The number of nitrogens with zero attached hydrogens (tertiary/aromatic N) is 1. The van der Waals surface area contributed by atoms with Crippen LogP contribution in [0.15, 0.2) is 45.3 Å². The molecule has 0 aliphatic heterocycles. The summed E-state index contributed by atoms with van der Waals surface area (Å²) < 4.78 is 1.60. The van der Waals surface area contributed by atoms with E-state index in [9.17, 15) is 4.79 Å². The first-order chi connectivity index (χ1) is 9.88. The van der Waals surface area contributed by atoms with Crippen molar-refractivity contribution in [3.63, 3.8) is 0 Å². The van der Waals surface area contributed by atoms with Gasteiger partial charge in [-0.1, -0.05) is 15.9 Å². The van der Waals surface area contributed by atoms with Gasteiger partial charge >= 0.3 is 0 Å². The third kappa shape index (κ3) is 3.77. The van der Waals surface area contributed by atoms with Crippen LogP contribution in [-0.4, -0.2) is 20.0 Å². The number of nitrogen functional groups attached to an aromatic ring is 1. The average molecular weight is 413 g/mol. The van der Waals surface area contributed by atoms with Crippen molar-refractivity contribution in [3.05, 3.63) is 50.9 Å². The summed E-state index contributed by atoms with van der Waals surface area (Å²) in [7, 11) is 3.85. The maximum absolute atomic E-state index is 12.4. The second-order valence-electron chi connectivity index (χ2n) is 4.75. The smallest absolute Gasteiger partial charge is 0.256 e. The van der Waals surface area contributed by atoms with Gasteiger partial charge in [0.1, 0.15) is 0 Å². The lowest BCUT2D eigenvalue weighted by Gasteiger charge is -2.18. The molecule has 0 aliphatic rings. The molecular formula is C15H15Br2N3O. The van der Waals surface area contributed by atoms with Gasteiger partial charge in [0.05, 0.1) is 16.9 Å². The molecule has 0 radical (unpaired) electrons. The summed E-state index contributed by atoms with van der Waals surface area (Å²) in [6.45, 7) is 0. The number of carbonyl (C=O) groups excluding carboxylic acids is 1. The molecule has 0 aromatic heterocycles. The molecule has 0 unspecified atom stereocenters. The van der Waals surface area contributed by atoms with Crippen LogP contribution in [0.2, 0.25) is 0 Å². The number of carbonyl (C=O) groups is 1. The molecule has 0 fully saturated rings. The summed E-state index contributed by atoms with van der Waals surface area (Å²) in [5.41, 5.74) is 8.44. The van der Waals surface area contributed by atoms with Gasteiger partial charge in [-0.25, -0.2) is 0 Å². The molecule has 0 aliphatic carbocycles. The lowest BCUT2D eigenvalue weighted by atomic mass is 10.1. The quantitative estimate of drug-likeness (QED) is 0.745. The van der Waals surface area contributed by atoms with Crippen molar-refractivity contribution in [3.8, 4) is 0 Å². The molecule has 0 saturated carbocycles. The van der Waals surface area contributed by atoms with Gasteiger partial charge < -0.3 is 16.0 Å². The van der Waals surface area contributed by atoms with Crippen molar-refractivity contribution in [1.82, 2.24) is 0 Å². The fourth-order valence-electron chi connectivity index (χ4n) is 1.90. The zero-order valence-corrected chi connectivity index (χ0v) is 14.8. The highest BCUT2D eigenvalue weighted by atomic mass is 79.9. The maximum atomic E-state index is 12.4. The Balaban J connectivity index is 2.35. The Labute approximate surface area is 140 Å². The summed E-state index contributed by atoms with van der Waals surface area (Å²) in [4.78, 5) is 14.4. The van der Waals surface area contributed by atoms with Crippen LogP contribution in [0.5, 0.6) is 0 Å².